The van der Waals surface area contributed by atoms with Crippen LogP contribution in [-0.4, -0.2) is 17.4 Å². The minimum absolute atomic E-state index is 0.164. The molecule has 1 saturated carbocycles. The van der Waals surface area contributed by atoms with Crippen molar-refractivity contribution in [2.45, 2.75) is 52.1 Å². The average Bonchev–Trinajstić information content (AvgIpc) is 2.73. The zero-order valence-electron chi connectivity index (χ0n) is 10.8. The minimum Gasteiger partial charge on any atom is -0.451 e. The van der Waals surface area contributed by atoms with Gasteiger partial charge < -0.3 is 4.74 Å². The SMILES string of the molecule is CCC(=O)CC1C(C)CCC12OC(=O)C=C2C. The second kappa shape index (κ2) is 4.28. The number of ketones is 1. The molecule has 0 N–H and O–H groups in total. The molecule has 1 heterocycles. The third-order valence-electron chi connectivity index (χ3n) is 4.38. The van der Waals surface area contributed by atoms with Crippen molar-refractivity contribution >= 4 is 11.8 Å². The van der Waals surface area contributed by atoms with Crippen LogP contribution in [0.25, 0.3) is 0 Å². The second-order valence-corrected chi connectivity index (χ2v) is 5.36. The first-order valence-electron chi connectivity index (χ1n) is 6.43. The number of hydrogen-bond acceptors (Lipinski definition) is 3. The summed E-state index contributed by atoms with van der Waals surface area (Å²) in [6.45, 7) is 5.99. The number of ether oxygens (including phenoxy) is 1. The molecule has 0 aromatic heterocycles. The largest absolute Gasteiger partial charge is 0.451 e. The molecule has 0 bridgehead atoms. The van der Waals surface area contributed by atoms with Gasteiger partial charge in [-0.15, -0.1) is 0 Å². The second-order valence-electron chi connectivity index (χ2n) is 5.36. The summed E-state index contributed by atoms with van der Waals surface area (Å²) in [5, 5.41) is 0. The van der Waals surface area contributed by atoms with Gasteiger partial charge in [0.25, 0.3) is 0 Å². The summed E-state index contributed by atoms with van der Waals surface area (Å²) in [6, 6.07) is 0. The van der Waals surface area contributed by atoms with Crippen LogP contribution in [0.15, 0.2) is 11.6 Å². The lowest BCUT2D eigenvalue weighted by molar-refractivity contribution is -0.150. The molecule has 0 aromatic carbocycles. The van der Waals surface area contributed by atoms with Gasteiger partial charge in [0.15, 0.2) is 0 Å². The Morgan fingerprint density at radius 2 is 2.29 bits per heavy atom. The van der Waals surface area contributed by atoms with Gasteiger partial charge in [-0.25, -0.2) is 4.79 Å². The zero-order valence-corrected chi connectivity index (χ0v) is 10.8. The Bertz CT molecular complexity index is 383. The summed E-state index contributed by atoms with van der Waals surface area (Å²) < 4.78 is 5.57. The number of rotatable bonds is 3. The van der Waals surface area contributed by atoms with Crippen LogP contribution in [0.3, 0.4) is 0 Å². The van der Waals surface area contributed by atoms with Crippen molar-refractivity contribution in [1.82, 2.24) is 0 Å². The van der Waals surface area contributed by atoms with Crippen molar-refractivity contribution in [1.29, 1.82) is 0 Å². The average molecular weight is 236 g/mol. The molecule has 1 aliphatic heterocycles. The Labute approximate surface area is 102 Å². The van der Waals surface area contributed by atoms with E-state index in [0.29, 0.717) is 18.8 Å². The van der Waals surface area contributed by atoms with Crippen LogP contribution >= 0.6 is 0 Å². The Morgan fingerprint density at radius 3 is 2.82 bits per heavy atom. The highest BCUT2D eigenvalue weighted by Crippen LogP contribution is 2.51. The van der Waals surface area contributed by atoms with Crippen LogP contribution in [0.2, 0.25) is 0 Å². The van der Waals surface area contributed by atoms with Gasteiger partial charge in [0.2, 0.25) is 0 Å². The standard InChI is InChI=1S/C14H20O3/c1-4-11(15)8-12-9(2)5-6-14(12)10(3)7-13(16)17-14/h7,9,12H,4-6,8H2,1-3H3. The molecule has 3 unspecified atom stereocenters. The van der Waals surface area contributed by atoms with Crippen molar-refractivity contribution in [3.63, 3.8) is 0 Å². The highest BCUT2D eigenvalue weighted by Gasteiger charge is 2.53. The fraction of sp³-hybridized carbons (Fsp3) is 0.714. The lowest BCUT2D eigenvalue weighted by Gasteiger charge is -2.33. The predicted molar refractivity (Wildman–Crippen MR) is 64.4 cm³/mol. The van der Waals surface area contributed by atoms with E-state index in [1.54, 1.807) is 6.08 Å². The summed E-state index contributed by atoms with van der Waals surface area (Å²) in [6.07, 6.45) is 4.58. The van der Waals surface area contributed by atoms with E-state index in [4.69, 9.17) is 4.74 Å². The zero-order chi connectivity index (χ0) is 12.6. The number of hydrogen-bond donors (Lipinski definition) is 0. The van der Waals surface area contributed by atoms with Crippen LogP contribution < -0.4 is 0 Å². The summed E-state index contributed by atoms with van der Waals surface area (Å²) in [7, 11) is 0. The van der Waals surface area contributed by atoms with Crippen molar-refractivity contribution in [2.75, 3.05) is 0 Å². The molecule has 17 heavy (non-hydrogen) atoms. The van der Waals surface area contributed by atoms with E-state index in [-0.39, 0.29) is 17.7 Å². The first-order valence-corrected chi connectivity index (χ1v) is 6.43. The van der Waals surface area contributed by atoms with Gasteiger partial charge in [-0.2, -0.15) is 0 Å². The summed E-state index contributed by atoms with van der Waals surface area (Å²) in [4.78, 5) is 23.1. The first-order chi connectivity index (χ1) is 7.99. The van der Waals surface area contributed by atoms with Crippen molar-refractivity contribution < 1.29 is 14.3 Å². The van der Waals surface area contributed by atoms with E-state index in [2.05, 4.69) is 6.92 Å². The summed E-state index contributed by atoms with van der Waals surface area (Å²) in [5.74, 6) is 0.627. The highest BCUT2D eigenvalue weighted by atomic mass is 16.6. The lowest BCUT2D eigenvalue weighted by atomic mass is 9.79. The highest BCUT2D eigenvalue weighted by molar-refractivity contribution is 5.87. The number of carbonyl (C=O) groups is 2. The molecule has 0 amide bonds. The van der Waals surface area contributed by atoms with E-state index in [1.807, 2.05) is 13.8 Å². The van der Waals surface area contributed by atoms with Crippen LogP contribution in [-0.2, 0) is 14.3 Å². The molecule has 0 saturated heterocycles. The van der Waals surface area contributed by atoms with Crippen molar-refractivity contribution in [3.8, 4) is 0 Å². The van der Waals surface area contributed by atoms with Crippen LogP contribution in [0.5, 0.6) is 0 Å². The van der Waals surface area contributed by atoms with Crippen LogP contribution in [0.4, 0.5) is 0 Å². The smallest absolute Gasteiger partial charge is 0.331 e. The van der Waals surface area contributed by atoms with Crippen molar-refractivity contribution in [2.24, 2.45) is 11.8 Å². The molecular weight excluding hydrogens is 216 g/mol. The van der Waals surface area contributed by atoms with E-state index in [1.165, 1.54) is 0 Å². The molecule has 1 spiro atoms. The van der Waals surface area contributed by atoms with E-state index in [9.17, 15) is 9.59 Å². The maximum atomic E-state index is 11.7. The normalized spacial score (nSPS) is 36.2. The minimum atomic E-state index is -0.471. The van der Waals surface area contributed by atoms with Gasteiger partial charge in [0.05, 0.1) is 0 Å². The fourth-order valence-corrected chi connectivity index (χ4v) is 3.25. The first kappa shape index (κ1) is 12.3. The number of esters is 1. The molecule has 0 radical (unpaired) electrons. The maximum Gasteiger partial charge on any atom is 0.331 e. The number of Topliss-reactive ketones (excluding diaryl/α,β-unsaturated/α-hetero) is 1. The van der Waals surface area contributed by atoms with Gasteiger partial charge in [0, 0.05) is 24.8 Å². The van der Waals surface area contributed by atoms with Crippen LogP contribution in [0, 0.1) is 11.8 Å². The summed E-state index contributed by atoms with van der Waals surface area (Å²) >= 11 is 0. The third kappa shape index (κ3) is 1.92. The predicted octanol–water partition coefficient (Wildman–Crippen LogP) is 2.64. The van der Waals surface area contributed by atoms with Gasteiger partial charge in [-0.1, -0.05) is 13.8 Å². The molecule has 1 fully saturated rings. The fourth-order valence-electron chi connectivity index (χ4n) is 3.25. The Morgan fingerprint density at radius 1 is 1.59 bits per heavy atom. The number of carbonyl (C=O) groups excluding carboxylic acids is 2. The lowest BCUT2D eigenvalue weighted by Crippen LogP contribution is -2.38. The Balaban J connectivity index is 2.25. The molecule has 3 heteroatoms. The molecule has 2 aliphatic rings. The molecule has 3 atom stereocenters. The van der Waals surface area contributed by atoms with E-state index >= 15 is 0 Å². The molecule has 2 rings (SSSR count). The monoisotopic (exact) mass is 236 g/mol. The van der Waals surface area contributed by atoms with Gasteiger partial charge in [-0.05, 0) is 31.3 Å². The van der Waals surface area contributed by atoms with E-state index in [0.717, 1.165) is 18.4 Å². The summed E-state index contributed by atoms with van der Waals surface area (Å²) in [5.41, 5.74) is 0.530. The quantitative estimate of drug-likeness (QED) is 0.707. The molecule has 1 aliphatic carbocycles. The topological polar surface area (TPSA) is 43.4 Å². The van der Waals surface area contributed by atoms with Gasteiger partial charge in [-0.3, -0.25) is 4.79 Å². The molecule has 94 valence electrons. The Kier molecular flexibility index (Phi) is 3.11. The van der Waals surface area contributed by atoms with Crippen LogP contribution in [0.1, 0.15) is 46.5 Å². The third-order valence-corrected chi connectivity index (χ3v) is 4.38. The van der Waals surface area contributed by atoms with E-state index < -0.39 is 5.60 Å². The molecule has 0 aromatic rings. The van der Waals surface area contributed by atoms with Crippen molar-refractivity contribution in [3.05, 3.63) is 11.6 Å². The maximum absolute atomic E-state index is 11.7. The Hall–Kier alpha value is -1.12. The van der Waals surface area contributed by atoms with Gasteiger partial charge >= 0.3 is 5.97 Å². The molecular formula is C14H20O3. The van der Waals surface area contributed by atoms with Gasteiger partial charge in [0.1, 0.15) is 11.4 Å². The molecule has 3 nitrogen and oxygen atoms in total.